The van der Waals surface area contributed by atoms with Gasteiger partial charge in [-0.25, -0.2) is 4.79 Å². The number of hydrogen-bond acceptors (Lipinski definition) is 7. The van der Waals surface area contributed by atoms with Crippen molar-refractivity contribution in [3.8, 4) is 10.8 Å². The van der Waals surface area contributed by atoms with Crippen molar-refractivity contribution in [1.29, 1.82) is 0 Å². The van der Waals surface area contributed by atoms with Gasteiger partial charge in [0.1, 0.15) is 0 Å². The molecule has 1 saturated heterocycles. The molecule has 0 aliphatic carbocycles. The summed E-state index contributed by atoms with van der Waals surface area (Å²) < 4.78 is 11.0. The van der Waals surface area contributed by atoms with E-state index in [2.05, 4.69) is 10.2 Å². The third-order valence-corrected chi connectivity index (χ3v) is 4.72. The van der Waals surface area contributed by atoms with Crippen molar-refractivity contribution in [2.45, 2.75) is 30.3 Å². The SMILES string of the molecule is O=C(O)C1CCC(CSc2nnc(-c3cccs3)o2)O1. The summed E-state index contributed by atoms with van der Waals surface area (Å²) >= 11 is 2.94. The van der Waals surface area contributed by atoms with E-state index in [0.717, 1.165) is 11.3 Å². The smallest absolute Gasteiger partial charge is 0.332 e. The quantitative estimate of drug-likeness (QED) is 0.849. The van der Waals surface area contributed by atoms with Crippen LogP contribution in [0.5, 0.6) is 0 Å². The van der Waals surface area contributed by atoms with Crippen molar-refractivity contribution >= 4 is 29.1 Å². The minimum Gasteiger partial charge on any atom is -0.479 e. The minimum atomic E-state index is -0.893. The van der Waals surface area contributed by atoms with Crippen LogP contribution in [0.3, 0.4) is 0 Å². The number of carboxylic acid groups (broad SMARTS) is 1. The van der Waals surface area contributed by atoms with Crippen molar-refractivity contribution in [1.82, 2.24) is 10.2 Å². The van der Waals surface area contributed by atoms with Crippen molar-refractivity contribution in [2.24, 2.45) is 0 Å². The zero-order valence-electron chi connectivity index (χ0n) is 10.4. The van der Waals surface area contributed by atoms with E-state index in [1.807, 2.05) is 17.5 Å². The van der Waals surface area contributed by atoms with E-state index in [1.165, 1.54) is 11.8 Å². The number of aliphatic carboxylic acids is 1. The molecule has 1 fully saturated rings. The lowest BCUT2D eigenvalue weighted by Crippen LogP contribution is -2.21. The van der Waals surface area contributed by atoms with Crippen molar-refractivity contribution in [3.63, 3.8) is 0 Å². The molecule has 0 bridgehead atoms. The Morgan fingerprint density at radius 1 is 1.50 bits per heavy atom. The van der Waals surface area contributed by atoms with Gasteiger partial charge in [-0.05, 0) is 24.3 Å². The molecule has 6 nitrogen and oxygen atoms in total. The van der Waals surface area contributed by atoms with Crippen LogP contribution in [0.2, 0.25) is 0 Å². The highest BCUT2D eigenvalue weighted by Crippen LogP contribution is 2.29. The summed E-state index contributed by atoms with van der Waals surface area (Å²) in [6.45, 7) is 0. The van der Waals surface area contributed by atoms with Crippen LogP contribution >= 0.6 is 23.1 Å². The summed E-state index contributed by atoms with van der Waals surface area (Å²) in [7, 11) is 0. The molecule has 8 heteroatoms. The Morgan fingerprint density at radius 3 is 3.10 bits per heavy atom. The summed E-state index contributed by atoms with van der Waals surface area (Å²) in [6.07, 6.45) is 0.559. The molecule has 0 radical (unpaired) electrons. The van der Waals surface area contributed by atoms with Gasteiger partial charge in [0.15, 0.2) is 6.10 Å². The molecule has 2 atom stereocenters. The molecule has 0 saturated carbocycles. The molecule has 2 aromatic heterocycles. The van der Waals surface area contributed by atoms with Gasteiger partial charge in [0, 0.05) is 5.75 Å². The number of nitrogens with zero attached hydrogens (tertiary/aromatic N) is 2. The molecular formula is C12H12N2O4S2. The number of carboxylic acids is 1. The minimum absolute atomic E-state index is 0.0711. The van der Waals surface area contributed by atoms with Crippen LogP contribution in [0, 0.1) is 0 Å². The first-order valence-corrected chi connectivity index (χ1v) is 7.97. The topological polar surface area (TPSA) is 85.5 Å². The van der Waals surface area contributed by atoms with Gasteiger partial charge in [0.25, 0.3) is 11.1 Å². The first-order chi connectivity index (χ1) is 9.72. The largest absolute Gasteiger partial charge is 0.479 e. The average molecular weight is 312 g/mol. The second kappa shape index (κ2) is 5.94. The van der Waals surface area contributed by atoms with E-state index >= 15 is 0 Å². The second-order valence-electron chi connectivity index (χ2n) is 4.32. The van der Waals surface area contributed by atoms with Gasteiger partial charge in [-0.2, -0.15) is 0 Å². The Balaban J connectivity index is 1.53. The highest BCUT2D eigenvalue weighted by molar-refractivity contribution is 7.99. The maximum absolute atomic E-state index is 10.8. The third-order valence-electron chi connectivity index (χ3n) is 2.91. The molecule has 3 heterocycles. The van der Waals surface area contributed by atoms with Crippen molar-refractivity contribution in [2.75, 3.05) is 5.75 Å². The molecule has 2 unspecified atom stereocenters. The summed E-state index contributed by atoms with van der Waals surface area (Å²) in [6, 6.07) is 3.85. The predicted octanol–water partition coefficient (Wildman–Crippen LogP) is 2.52. The molecule has 0 amide bonds. The van der Waals surface area contributed by atoms with Gasteiger partial charge in [-0.15, -0.1) is 21.5 Å². The highest BCUT2D eigenvalue weighted by atomic mass is 32.2. The number of carbonyl (C=O) groups is 1. The average Bonchev–Trinajstić information content (AvgIpc) is 3.17. The lowest BCUT2D eigenvalue weighted by molar-refractivity contribution is -0.148. The lowest BCUT2D eigenvalue weighted by atomic mass is 10.2. The Labute approximate surface area is 123 Å². The number of thioether (sulfide) groups is 1. The fourth-order valence-corrected chi connectivity index (χ4v) is 3.40. The summed E-state index contributed by atoms with van der Waals surface area (Å²) in [5.41, 5.74) is 0. The van der Waals surface area contributed by atoms with Gasteiger partial charge in [0.2, 0.25) is 0 Å². The number of hydrogen-bond donors (Lipinski definition) is 1. The molecule has 106 valence electrons. The molecule has 2 aromatic rings. The van der Waals surface area contributed by atoms with E-state index in [9.17, 15) is 4.79 Å². The Bertz CT molecular complexity index is 584. The van der Waals surface area contributed by atoms with Gasteiger partial charge in [-0.1, -0.05) is 17.8 Å². The molecule has 1 aliphatic rings. The number of aromatic nitrogens is 2. The van der Waals surface area contributed by atoms with Crippen LogP contribution in [0.1, 0.15) is 12.8 Å². The monoisotopic (exact) mass is 312 g/mol. The van der Waals surface area contributed by atoms with Crippen molar-refractivity contribution in [3.05, 3.63) is 17.5 Å². The maximum atomic E-state index is 10.8. The van der Waals surface area contributed by atoms with Gasteiger partial charge < -0.3 is 14.3 Å². The normalized spacial score (nSPS) is 22.2. The molecular weight excluding hydrogens is 300 g/mol. The van der Waals surface area contributed by atoms with E-state index in [-0.39, 0.29) is 6.10 Å². The molecule has 3 rings (SSSR count). The number of thiophene rings is 1. The molecule has 0 spiro atoms. The molecule has 1 N–H and O–H groups in total. The van der Waals surface area contributed by atoms with Gasteiger partial charge in [0.05, 0.1) is 11.0 Å². The fraction of sp³-hybridized carbons (Fsp3) is 0.417. The van der Waals surface area contributed by atoms with Crippen LogP contribution in [0.15, 0.2) is 27.2 Å². The van der Waals surface area contributed by atoms with Crippen LogP contribution in [-0.2, 0) is 9.53 Å². The Morgan fingerprint density at radius 2 is 2.40 bits per heavy atom. The van der Waals surface area contributed by atoms with Gasteiger partial charge >= 0.3 is 5.97 Å². The maximum Gasteiger partial charge on any atom is 0.332 e. The van der Waals surface area contributed by atoms with E-state index < -0.39 is 12.1 Å². The summed E-state index contributed by atoms with van der Waals surface area (Å²) in [4.78, 5) is 11.7. The second-order valence-corrected chi connectivity index (χ2v) is 6.24. The summed E-state index contributed by atoms with van der Waals surface area (Å²) in [5.74, 6) is 0.240. The highest BCUT2D eigenvalue weighted by Gasteiger charge is 2.30. The third kappa shape index (κ3) is 3.02. The van der Waals surface area contributed by atoms with Crippen LogP contribution < -0.4 is 0 Å². The lowest BCUT2D eigenvalue weighted by Gasteiger charge is -2.08. The van der Waals surface area contributed by atoms with E-state index in [1.54, 1.807) is 11.3 Å². The van der Waals surface area contributed by atoms with Gasteiger partial charge in [-0.3, -0.25) is 0 Å². The Kier molecular flexibility index (Phi) is 4.04. The van der Waals surface area contributed by atoms with E-state index in [0.29, 0.717) is 23.3 Å². The van der Waals surface area contributed by atoms with E-state index in [4.69, 9.17) is 14.3 Å². The zero-order valence-corrected chi connectivity index (χ0v) is 12.0. The first-order valence-electron chi connectivity index (χ1n) is 6.11. The predicted molar refractivity (Wildman–Crippen MR) is 73.9 cm³/mol. The number of rotatable bonds is 5. The standard InChI is InChI=1S/C12H12N2O4S2/c15-11(16)8-4-3-7(17-8)6-20-12-14-13-10(18-12)9-2-1-5-19-9/h1-2,5,7-8H,3-4,6H2,(H,15,16). The van der Waals surface area contributed by atoms with Crippen LogP contribution in [-0.4, -0.2) is 39.2 Å². The first kappa shape index (κ1) is 13.6. The zero-order chi connectivity index (χ0) is 13.9. The van der Waals surface area contributed by atoms with Crippen LogP contribution in [0.4, 0.5) is 0 Å². The number of ether oxygens (including phenoxy) is 1. The summed E-state index contributed by atoms with van der Waals surface area (Å²) in [5, 5.41) is 19.2. The molecule has 20 heavy (non-hydrogen) atoms. The molecule has 1 aliphatic heterocycles. The Hall–Kier alpha value is -1.38. The van der Waals surface area contributed by atoms with Crippen LogP contribution in [0.25, 0.3) is 10.8 Å². The fourth-order valence-electron chi connectivity index (χ4n) is 1.94. The van der Waals surface area contributed by atoms with Crippen molar-refractivity contribution < 1.29 is 19.1 Å². The molecule has 0 aromatic carbocycles.